The SMILES string of the molecule is CC(NC(=O)CCC12CCC(CC1)O2)c1ccc(F)cc1F.O=c1[nH]c(=O)c2cc(F)ccc2[nH]1. The van der Waals surface area contributed by atoms with Crippen LogP contribution in [0.5, 0.6) is 0 Å². The molecule has 35 heavy (non-hydrogen) atoms. The van der Waals surface area contributed by atoms with E-state index in [1.165, 1.54) is 24.3 Å². The fourth-order valence-corrected chi connectivity index (χ4v) is 4.74. The van der Waals surface area contributed by atoms with Crippen molar-refractivity contribution in [2.45, 2.75) is 63.2 Å². The molecular formula is C25H26F3N3O4. The van der Waals surface area contributed by atoms with Crippen LogP contribution in [0.2, 0.25) is 0 Å². The van der Waals surface area contributed by atoms with Crippen LogP contribution in [-0.4, -0.2) is 27.6 Å². The van der Waals surface area contributed by atoms with E-state index < -0.39 is 34.7 Å². The standard InChI is InChI=1S/C17H21F2NO2.C8H5FN2O2/c1-11(14-3-2-12(18)10-15(14)19)20-16(21)6-9-17-7-4-13(22-17)5-8-17;9-4-1-2-6-5(3-4)7(12)11-8(13)10-6/h2-3,10-11,13H,4-9H2,1H3,(H,20,21);1-3H,(H2,10,11,12,13). The molecular weight excluding hydrogens is 463 g/mol. The molecule has 3 aromatic rings. The molecule has 2 fully saturated rings. The van der Waals surface area contributed by atoms with E-state index in [-0.39, 0.29) is 16.9 Å². The van der Waals surface area contributed by atoms with Gasteiger partial charge in [-0.2, -0.15) is 0 Å². The van der Waals surface area contributed by atoms with Crippen LogP contribution in [0.15, 0.2) is 46.0 Å². The van der Waals surface area contributed by atoms with Gasteiger partial charge in [0.15, 0.2) is 0 Å². The second kappa shape index (κ2) is 10.1. The number of carbonyl (C=O) groups excluding carboxylic acids is 1. The lowest BCUT2D eigenvalue weighted by Crippen LogP contribution is -2.31. The molecule has 2 saturated heterocycles. The highest BCUT2D eigenvalue weighted by atomic mass is 19.1. The molecule has 1 amide bonds. The van der Waals surface area contributed by atoms with E-state index in [2.05, 4.69) is 10.3 Å². The van der Waals surface area contributed by atoms with Gasteiger partial charge < -0.3 is 15.0 Å². The number of fused-ring (bicyclic) bond motifs is 3. The molecule has 3 N–H and O–H groups in total. The van der Waals surface area contributed by atoms with Gasteiger partial charge in [-0.1, -0.05) is 6.07 Å². The molecule has 0 spiro atoms. The van der Waals surface area contributed by atoms with Crippen molar-refractivity contribution in [1.82, 2.24) is 15.3 Å². The van der Waals surface area contributed by atoms with E-state index >= 15 is 0 Å². The summed E-state index contributed by atoms with van der Waals surface area (Å²) in [4.78, 5) is 38.4. The van der Waals surface area contributed by atoms with E-state index in [1.54, 1.807) is 6.92 Å². The maximum absolute atomic E-state index is 13.7. The summed E-state index contributed by atoms with van der Waals surface area (Å²) in [6.07, 6.45) is 5.74. The first-order valence-corrected chi connectivity index (χ1v) is 11.5. The number of hydrogen-bond donors (Lipinski definition) is 3. The molecule has 2 bridgehead atoms. The first-order chi connectivity index (χ1) is 16.6. The van der Waals surface area contributed by atoms with Crippen LogP contribution in [0.4, 0.5) is 13.2 Å². The molecule has 0 saturated carbocycles. The summed E-state index contributed by atoms with van der Waals surface area (Å²) in [5, 5.41) is 2.92. The lowest BCUT2D eigenvalue weighted by molar-refractivity contribution is -0.123. The number of aromatic amines is 2. The van der Waals surface area contributed by atoms with E-state index in [9.17, 15) is 27.6 Å². The van der Waals surface area contributed by atoms with Crippen molar-refractivity contribution in [3.8, 4) is 0 Å². The zero-order valence-electron chi connectivity index (χ0n) is 19.1. The Hall–Kier alpha value is -3.40. The quantitative estimate of drug-likeness (QED) is 0.504. The lowest BCUT2D eigenvalue weighted by Gasteiger charge is -2.24. The minimum absolute atomic E-state index is 0.105. The van der Waals surface area contributed by atoms with Crippen LogP contribution in [-0.2, 0) is 9.53 Å². The second-order valence-corrected chi connectivity index (χ2v) is 9.05. The Bertz CT molecular complexity index is 1350. The minimum Gasteiger partial charge on any atom is -0.372 e. The van der Waals surface area contributed by atoms with Crippen LogP contribution in [0.25, 0.3) is 10.9 Å². The zero-order valence-corrected chi connectivity index (χ0v) is 19.1. The molecule has 0 aliphatic carbocycles. The minimum atomic E-state index is -0.635. The Morgan fingerprint density at radius 3 is 2.43 bits per heavy atom. The summed E-state index contributed by atoms with van der Waals surface area (Å²) >= 11 is 0. The van der Waals surface area contributed by atoms with Crippen molar-refractivity contribution < 1.29 is 22.7 Å². The summed E-state index contributed by atoms with van der Waals surface area (Å²) in [6.45, 7) is 1.70. The average Bonchev–Trinajstić information content (AvgIpc) is 3.40. The molecule has 1 atom stereocenters. The highest BCUT2D eigenvalue weighted by Crippen LogP contribution is 2.46. The van der Waals surface area contributed by atoms with Crippen LogP contribution in [0.3, 0.4) is 0 Å². The molecule has 7 nitrogen and oxygen atoms in total. The number of halogens is 3. The van der Waals surface area contributed by atoms with Crippen molar-refractivity contribution >= 4 is 16.8 Å². The first kappa shape index (κ1) is 24.7. The largest absolute Gasteiger partial charge is 0.372 e. The molecule has 10 heteroatoms. The van der Waals surface area contributed by atoms with E-state index in [1.807, 2.05) is 4.98 Å². The first-order valence-electron chi connectivity index (χ1n) is 11.5. The van der Waals surface area contributed by atoms with Crippen molar-refractivity contribution in [2.24, 2.45) is 0 Å². The van der Waals surface area contributed by atoms with Gasteiger partial charge in [-0.15, -0.1) is 0 Å². The van der Waals surface area contributed by atoms with Gasteiger partial charge in [0.25, 0.3) is 5.56 Å². The van der Waals surface area contributed by atoms with Gasteiger partial charge in [-0.25, -0.2) is 18.0 Å². The summed E-state index contributed by atoms with van der Waals surface area (Å²) in [5.41, 5.74) is -0.657. The third kappa shape index (κ3) is 5.82. The normalized spacial score (nSPS) is 21.4. The zero-order chi connectivity index (χ0) is 25.2. The van der Waals surface area contributed by atoms with E-state index in [0.29, 0.717) is 30.0 Å². The number of carbonyl (C=O) groups is 1. The van der Waals surface area contributed by atoms with Crippen molar-refractivity contribution in [3.05, 3.63) is 80.3 Å². The van der Waals surface area contributed by atoms with Gasteiger partial charge in [-0.3, -0.25) is 14.6 Å². The maximum Gasteiger partial charge on any atom is 0.326 e. The van der Waals surface area contributed by atoms with Gasteiger partial charge in [0.2, 0.25) is 5.91 Å². The van der Waals surface area contributed by atoms with Crippen LogP contribution < -0.4 is 16.6 Å². The van der Waals surface area contributed by atoms with E-state index in [0.717, 1.165) is 37.8 Å². The molecule has 2 aromatic carbocycles. The van der Waals surface area contributed by atoms with Gasteiger partial charge in [0.05, 0.1) is 28.6 Å². The fourth-order valence-electron chi connectivity index (χ4n) is 4.74. The highest BCUT2D eigenvalue weighted by Gasteiger charge is 2.45. The molecule has 186 valence electrons. The maximum atomic E-state index is 13.7. The summed E-state index contributed by atoms with van der Waals surface area (Å²) < 4.78 is 45.2. The average molecular weight is 489 g/mol. The number of amides is 1. The monoisotopic (exact) mass is 489 g/mol. The van der Waals surface area contributed by atoms with Crippen LogP contribution in [0, 0.1) is 17.5 Å². The number of benzene rings is 2. The third-order valence-electron chi connectivity index (χ3n) is 6.58. The number of ether oxygens (including phenoxy) is 1. The summed E-state index contributed by atoms with van der Waals surface area (Å²) in [7, 11) is 0. The summed E-state index contributed by atoms with van der Waals surface area (Å²) in [5.74, 6) is -1.88. The van der Waals surface area contributed by atoms with Crippen molar-refractivity contribution in [3.63, 3.8) is 0 Å². The van der Waals surface area contributed by atoms with Crippen molar-refractivity contribution in [2.75, 3.05) is 0 Å². The number of aromatic nitrogens is 2. The predicted molar refractivity (Wildman–Crippen MR) is 123 cm³/mol. The predicted octanol–water partition coefficient (Wildman–Crippen LogP) is 3.99. The molecule has 5 rings (SSSR count). The summed E-state index contributed by atoms with van der Waals surface area (Å²) in [6, 6.07) is 6.53. The van der Waals surface area contributed by atoms with Gasteiger partial charge in [0.1, 0.15) is 17.5 Å². The Balaban J connectivity index is 0.000000189. The fraction of sp³-hybridized carbons (Fsp3) is 0.400. The number of nitrogens with one attached hydrogen (secondary N) is 3. The second-order valence-electron chi connectivity index (χ2n) is 9.05. The number of hydrogen-bond acceptors (Lipinski definition) is 4. The Kier molecular flexibility index (Phi) is 7.11. The third-order valence-corrected chi connectivity index (χ3v) is 6.58. The Morgan fingerprint density at radius 2 is 1.77 bits per heavy atom. The Morgan fingerprint density at radius 1 is 1.09 bits per heavy atom. The van der Waals surface area contributed by atoms with Crippen molar-refractivity contribution in [1.29, 1.82) is 0 Å². The Labute approximate surface area is 198 Å². The van der Waals surface area contributed by atoms with Gasteiger partial charge >= 0.3 is 5.69 Å². The molecule has 2 aliphatic heterocycles. The number of rotatable bonds is 5. The van der Waals surface area contributed by atoms with Gasteiger partial charge in [-0.05, 0) is 63.3 Å². The molecule has 0 radical (unpaired) electrons. The van der Waals surface area contributed by atoms with Crippen LogP contribution >= 0.6 is 0 Å². The molecule has 2 aliphatic rings. The molecule has 1 unspecified atom stereocenters. The highest BCUT2D eigenvalue weighted by molar-refractivity contribution is 5.77. The molecule has 1 aromatic heterocycles. The van der Waals surface area contributed by atoms with E-state index in [4.69, 9.17) is 4.74 Å². The molecule has 3 heterocycles. The lowest BCUT2D eigenvalue weighted by atomic mass is 9.85. The number of H-pyrrole nitrogens is 2. The topological polar surface area (TPSA) is 104 Å². The van der Waals surface area contributed by atoms with Crippen LogP contribution in [0.1, 0.15) is 57.1 Å². The smallest absolute Gasteiger partial charge is 0.326 e. The van der Waals surface area contributed by atoms with Gasteiger partial charge in [0, 0.05) is 18.1 Å².